The summed E-state index contributed by atoms with van der Waals surface area (Å²) in [6.45, 7) is 3.87. The topological polar surface area (TPSA) is 35.2 Å². The predicted molar refractivity (Wildman–Crippen MR) is 114 cm³/mol. The number of H-pyrrole nitrogens is 1. The van der Waals surface area contributed by atoms with E-state index < -0.39 is 0 Å². The number of aromatic nitrogens is 2. The normalized spacial score (nSPS) is 18.0. The van der Waals surface area contributed by atoms with Crippen LogP contribution >= 0.6 is 0 Å². The maximum Gasteiger partial charge on any atom is 0.146 e. The van der Waals surface area contributed by atoms with E-state index in [2.05, 4.69) is 50.3 Å². The van der Waals surface area contributed by atoms with E-state index >= 15 is 0 Å². The van der Waals surface area contributed by atoms with Crippen LogP contribution in [0, 0.1) is 5.82 Å². The van der Waals surface area contributed by atoms with Crippen LogP contribution in [0.4, 0.5) is 10.1 Å². The quantitative estimate of drug-likeness (QED) is 0.726. The Morgan fingerprint density at radius 1 is 0.966 bits per heavy atom. The van der Waals surface area contributed by atoms with E-state index in [1.807, 2.05) is 12.1 Å². The molecule has 2 aromatic carbocycles. The molecule has 0 spiro atoms. The van der Waals surface area contributed by atoms with Crippen molar-refractivity contribution in [3.05, 3.63) is 82.9 Å². The maximum absolute atomic E-state index is 14.1. The molecule has 2 aliphatic rings. The molecule has 1 fully saturated rings. The predicted octanol–water partition coefficient (Wildman–Crippen LogP) is 4.17. The zero-order valence-corrected chi connectivity index (χ0v) is 16.6. The van der Waals surface area contributed by atoms with E-state index in [9.17, 15) is 4.39 Å². The van der Waals surface area contributed by atoms with E-state index in [0.29, 0.717) is 6.04 Å². The molecule has 1 aromatic heterocycles. The van der Waals surface area contributed by atoms with Crippen molar-refractivity contribution in [2.75, 3.05) is 24.5 Å². The van der Waals surface area contributed by atoms with Gasteiger partial charge in [-0.05, 0) is 30.5 Å². The fraction of sp³-hybridized carbons (Fsp3) is 0.375. The summed E-state index contributed by atoms with van der Waals surface area (Å²) < 4.78 is 14.1. The summed E-state index contributed by atoms with van der Waals surface area (Å²) in [6.07, 6.45) is 4.07. The van der Waals surface area contributed by atoms with Crippen molar-refractivity contribution in [1.82, 2.24) is 15.1 Å². The smallest absolute Gasteiger partial charge is 0.146 e. The third-order valence-electron chi connectivity index (χ3n) is 6.44. The number of para-hydroxylation sites is 1. The average molecular weight is 391 g/mol. The van der Waals surface area contributed by atoms with Gasteiger partial charge in [-0.15, -0.1) is 0 Å². The van der Waals surface area contributed by atoms with Crippen molar-refractivity contribution in [2.45, 2.75) is 38.3 Å². The minimum absolute atomic E-state index is 0.113. The number of hydrogen-bond acceptors (Lipinski definition) is 3. The molecule has 1 saturated heterocycles. The molecule has 0 radical (unpaired) electrons. The first-order valence-corrected chi connectivity index (χ1v) is 10.6. The van der Waals surface area contributed by atoms with Gasteiger partial charge in [-0.2, -0.15) is 5.10 Å². The van der Waals surface area contributed by atoms with Gasteiger partial charge >= 0.3 is 0 Å². The minimum atomic E-state index is -0.113. The second kappa shape index (κ2) is 7.99. The van der Waals surface area contributed by atoms with Crippen LogP contribution in [0.5, 0.6) is 0 Å². The molecule has 150 valence electrons. The number of anilines is 1. The van der Waals surface area contributed by atoms with Crippen LogP contribution in [-0.2, 0) is 19.4 Å². The van der Waals surface area contributed by atoms with Crippen LogP contribution in [0.3, 0.4) is 0 Å². The Morgan fingerprint density at radius 2 is 1.72 bits per heavy atom. The first kappa shape index (κ1) is 18.4. The monoisotopic (exact) mass is 390 g/mol. The number of hydrogen-bond donors (Lipinski definition) is 1. The van der Waals surface area contributed by atoms with Crippen molar-refractivity contribution >= 4 is 5.69 Å². The van der Waals surface area contributed by atoms with Gasteiger partial charge in [-0.25, -0.2) is 4.39 Å². The van der Waals surface area contributed by atoms with Crippen molar-refractivity contribution in [1.29, 1.82) is 0 Å². The van der Waals surface area contributed by atoms with Crippen molar-refractivity contribution in [3.63, 3.8) is 0 Å². The van der Waals surface area contributed by atoms with Crippen molar-refractivity contribution in [2.24, 2.45) is 0 Å². The summed E-state index contributed by atoms with van der Waals surface area (Å²) in [6, 6.07) is 18.3. The molecule has 29 heavy (non-hydrogen) atoms. The Bertz CT molecular complexity index is 960. The van der Waals surface area contributed by atoms with Crippen LogP contribution in [0.1, 0.15) is 35.4 Å². The van der Waals surface area contributed by atoms with Gasteiger partial charge in [0, 0.05) is 56.3 Å². The number of nitrogens with one attached hydrogen (secondary N) is 1. The Labute approximate surface area is 171 Å². The van der Waals surface area contributed by atoms with Crippen LogP contribution < -0.4 is 4.90 Å². The zero-order valence-electron chi connectivity index (χ0n) is 16.6. The molecule has 3 heterocycles. The highest BCUT2D eigenvalue weighted by atomic mass is 19.1. The lowest BCUT2D eigenvalue weighted by atomic mass is 9.96. The van der Waals surface area contributed by atoms with E-state index in [0.717, 1.165) is 57.5 Å². The molecule has 1 N–H and O–H groups in total. The number of benzene rings is 2. The van der Waals surface area contributed by atoms with Crippen LogP contribution in [0.25, 0.3) is 0 Å². The number of aromatic amines is 1. The Kier molecular flexibility index (Phi) is 5.06. The minimum Gasteiger partial charge on any atom is -0.369 e. The molecule has 2 aliphatic heterocycles. The summed E-state index contributed by atoms with van der Waals surface area (Å²) in [7, 11) is 0. The van der Waals surface area contributed by atoms with Gasteiger partial charge in [0.2, 0.25) is 0 Å². The molecule has 5 heteroatoms. The number of nitrogens with zero attached hydrogens (tertiary/aromatic N) is 3. The summed E-state index contributed by atoms with van der Waals surface area (Å²) in [5.74, 6) is -0.113. The summed E-state index contributed by atoms with van der Waals surface area (Å²) in [4.78, 5) is 4.81. The molecule has 3 aromatic rings. The van der Waals surface area contributed by atoms with Gasteiger partial charge in [-0.1, -0.05) is 42.5 Å². The lowest BCUT2D eigenvalue weighted by Crippen LogP contribution is -2.46. The lowest BCUT2D eigenvalue weighted by Gasteiger charge is -2.41. The molecule has 0 saturated carbocycles. The molecule has 0 bridgehead atoms. The highest BCUT2D eigenvalue weighted by Gasteiger charge is 2.30. The van der Waals surface area contributed by atoms with E-state index in [1.165, 1.54) is 22.5 Å². The van der Waals surface area contributed by atoms with Crippen molar-refractivity contribution < 1.29 is 4.39 Å². The number of fused-ring (bicyclic) bond motifs is 1. The van der Waals surface area contributed by atoms with Crippen molar-refractivity contribution in [3.8, 4) is 0 Å². The molecule has 0 atom stereocenters. The molecular formula is C24H27FN4. The van der Waals surface area contributed by atoms with Gasteiger partial charge in [-0.3, -0.25) is 10.00 Å². The average Bonchev–Trinajstić information content (AvgIpc) is 3.17. The van der Waals surface area contributed by atoms with Gasteiger partial charge < -0.3 is 4.90 Å². The number of rotatable bonds is 4. The third kappa shape index (κ3) is 3.79. The molecule has 0 unspecified atom stereocenters. The fourth-order valence-electron chi connectivity index (χ4n) is 4.80. The first-order chi connectivity index (χ1) is 14.3. The summed E-state index contributed by atoms with van der Waals surface area (Å²) in [5.41, 5.74) is 5.91. The largest absolute Gasteiger partial charge is 0.369 e. The first-order valence-electron chi connectivity index (χ1n) is 10.6. The summed E-state index contributed by atoms with van der Waals surface area (Å²) >= 11 is 0. The highest BCUT2D eigenvalue weighted by Crippen LogP contribution is 2.29. The van der Waals surface area contributed by atoms with Gasteiger partial charge in [0.05, 0.1) is 11.4 Å². The van der Waals surface area contributed by atoms with Gasteiger partial charge in [0.1, 0.15) is 5.82 Å². The van der Waals surface area contributed by atoms with E-state index in [1.54, 1.807) is 12.1 Å². The zero-order chi connectivity index (χ0) is 19.6. The standard InChI is InChI=1S/C24H27FN4/c25-21-8-4-5-9-24(21)28-13-10-19(11-14-28)29-15-12-22-20(17-29)23(27-26-22)16-18-6-2-1-3-7-18/h1-9,19H,10-17H2,(H,26,27). The molecule has 4 nitrogen and oxygen atoms in total. The van der Waals surface area contributed by atoms with Crippen LogP contribution in [0.2, 0.25) is 0 Å². The van der Waals surface area contributed by atoms with Gasteiger partial charge in [0.15, 0.2) is 0 Å². The van der Waals surface area contributed by atoms with E-state index in [4.69, 9.17) is 0 Å². The van der Waals surface area contributed by atoms with E-state index in [-0.39, 0.29) is 5.82 Å². The molecule has 0 aliphatic carbocycles. The Morgan fingerprint density at radius 3 is 2.52 bits per heavy atom. The van der Waals surface area contributed by atoms with Gasteiger partial charge in [0.25, 0.3) is 0 Å². The second-order valence-corrected chi connectivity index (χ2v) is 8.18. The SMILES string of the molecule is Fc1ccccc1N1CCC(N2CCc3[nH]nc(Cc4ccccc4)c3C2)CC1. The number of piperidine rings is 1. The maximum atomic E-state index is 14.1. The second-order valence-electron chi connectivity index (χ2n) is 8.18. The lowest BCUT2D eigenvalue weighted by molar-refractivity contribution is 0.152. The molecule has 5 rings (SSSR count). The van der Waals surface area contributed by atoms with Crippen LogP contribution in [0.15, 0.2) is 54.6 Å². The Hall–Kier alpha value is -2.66. The fourth-order valence-corrected chi connectivity index (χ4v) is 4.80. The third-order valence-corrected chi connectivity index (χ3v) is 6.44. The molecular weight excluding hydrogens is 363 g/mol. The molecule has 0 amide bonds. The Balaban J connectivity index is 1.25. The highest BCUT2D eigenvalue weighted by molar-refractivity contribution is 5.48. The number of halogens is 1. The summed E-state index contributed by atoms with van der Waals surface area (Å²) in [5, 5.41) is 7.91. The van der Waals surface area contributed by atoms with Crippen LogP contribution in [-0.4, -0.2) is 40.8 Å².